The van der Waals surface area contributed by atoms with Crippen molar-refractivity contribution >= 4 is 29.1 Å². The summed E-state index contributed by atoms with van der Waals surface area (Å²) in [5.74, 6) is -1.21. The highest BCUT2D eigenvalue weighted by atomic mass is 35.5. The van der Waals surface area contributed by atoms with Gasteiger partial charge >= 0.3 is 0 Å². The molecule has 1 amide bonds. The van der Waals surface area contributed by atoms with Crippen molar-refractivity contribution in [3.8, 4) is 11.5 Å². The van der Waals surface area contributed by atoms with Crippen LogP contribution in [-0.2, 0) is 9.59 Å². The van der Waals surface area contributed by atoms with E-state index in [2.05, 4.69) is 6.92 Å². The average molecular weight is 444 g/mol. The molecule has 2 aromatic carbocycles. The van der Waals surface area contributed by atoms with Crippen LogP contribution in [0.2, 0.25) is 5.02 Å². The number of phenolic OH excluding ortho intramolecular Hbond substituents is 1. The molecule has 7 heteroatoms. The Bertz CT molecular complexity index is 1000. The fourth-order valence-electron chi connectivity index (χ4n) is 3.72. The maximum atomic E-state index is 13.0. The number of hydrogen-bond donors (Lipinski definition) is 2. The molecule has 0 radical (unpaired) electrons. The smallest absolute Gasteiger partial charge is 0.295 e. The minimum atomic E-state index is -0.747. The Labute approximate surface area is 186 Å². The Hall–Kier alpha value is -2.99. The summed E-state index contributed by atoms with van der Waals surface area (Å²) in [6, 6.07) is 10.3. The van der Waals surface area contributed by atoms with Gasteiger partial charge in [0.25, 0.3) is 11.7 Å². The van der Waals surface area contributed by atoms with E-state index in [1.54, 1.807) is 30.3 Å². The zero-order chi connectivity index (χ0) is 22.5. The largest absolute Gasteiger partial charge is 0.508 e. The van der Waals surface area contributed by atoms with E-state index in [9.17, 15) is 19.8 Å². The number of aromatic hydroxyl groups is 1. The Morgan fingerprint density at radius 2 is 1.81 bits per heavy atom. The number of ether oxygens (including phenoxy) is 1. The number of aliphatic hydroxyl groups excluding tert-OH is 1. The van der Waals surface area contributed by atoms with Crippen molar-refractivity contribution in [3.63, 3.8) is 0 Å². The van der Waals surface area contributed by atoms with E-state index in [4.69, 9.17) is 16.3 Å². The molecule has 1 fully saturated rings. The van der Waals surface area contributed by atoms with Crippen LogP contribution in [0.25, 0.3) is 5.76 Å². The normalized spacial score (nSPS) is 17.9. The summed E-state index contributed by atoms with van der Waals surface area (Å²) in [6.45, 7) is 4.66. The lowest BCUT2D eigenvalue weighted by Gasteiger charge is -2.25. The van der Waals surface area contributed by atoms with Gasteiger partial charge in [0.15, 0.2) is 0 Å². The Balaban J connectivity index is 2.12. The maximum Gasteiger partial charge on any atom is 0.295 e. The molecule has 0 aromatic heterocycles. The summed E-state index contributed by atoms with van der Waals surface area (Å²) in [6.07, 6.45) is 2.63. The first kappa shape index (κ1) is 22.7. The third kappa shape index (κ3) is 4.69. The van der Waals surface area contributed by atoms with Gasteiger partial charge in [-0.05, 0) is 49.2 Å². The van der Waals surface area contributed by atoms with Gasteiger partial charge in [0.2, 0.25) is 0 Å². The predicted octanol–water partition coefficient (Wildman–Crippen LogP) is 5.06. The Morgan fingerprint density at radius 3 is 2.45 bits per heavy atom. The summed E-state index contributed by atoms with van der Waals surface area (Å²) < 4.78 is 5.49. The lowest BCUT2D eigenvalue weighted by molar-refractivity contribution is -0.139. The zero-order valence-corrected chi connectivity index (χ0v) is 18.4. The van der Waals surface area contributed by atoms with Crippen LogP contribution < -0.4 is 4.74 Å². The minimum Gasteiger partial charge on any atom is -0.508 e. The molecule has 0 bridgehead atoms. The molecule has 0 spiro atoms. The van der Waals surface area contributed by atoms with Crippen LogP contribution in [0.5, 0.6) is 11.5 Å². The Kier molecular flexibility index (Phi) is 7.23. The first-order valence-corrected chi connectivity index (χ1v) is 10.8. The number of halogens is 1. The molecule has 1 saturated heterocycles. The van der Waals surface area contributed by atoms with Crippen LogP contribution in [0.3, 0.4) is 0 Å². The minimum absolute atomic E-state index is 0.0111. The van der Waals surface area contributed by atoms with Gasteiger partial charge in [-0.25, -0.2) is 0 Å². The summed E-state index contributed by atoms with van der Waals surface area (Å²) in [4.78, 5) is 27.3. The van der Waals surface area contributed by atoms with Crippen LogP contribution in [-0.4, -0.2) is 40.0 Å². The van der Waals surface area contributed by atoms with Crippen LogP contribution in [0.1, 0.15) is 50.3 Å². The monoisotopic (exact) mass is 443 g/mol. The number of benzene rings is 2. The molecule has 1 unspecified atom stereocenters. The number of amides is 1. The second-order valence-electron chi connectivity index (χ2n) is 7.37. The molecular formula is C24H26ClNO5. The van der Waals surface area contributed by atoms with Crippen molar-refractivity contribution < 1.29 is 24.5 Å². The molecule has 6 nitrogen and oxygen atoms in total. The van der Waals surface area contributed by atoms with Gasteiger partial charge in [-0.1, -0.05) is 43.5 Å². The van der Waals surface area contributed by atoms with E-state index in [-0.39, 0.29) is 17.1 Å². The number of hydrogen-bond acceptors (Lipinski definition) is 5. The van der Waals surface area contributed by atoms with Crippen molar-refractivity contribution in [1.29, 1.82) is 0 Å². The van der Waals surface area contributed by atoms with Gasteiger partial charge in [0.05, 0.1) is 23.2 Å². The molecule has 0 saturated carbocycles. The molecule has 2 aromatic rings. The van der Waals surface area contributed by atoms with Gasteiger partial charge in [-0.3, -0.25) is 9.59 Å². The highest BCUT2D eigenvalue weighted by Crippen LogP contribution is 2.40. The first-order chi connectivity index (χ1) is 14.9. The van der Waals surface area contributed by atoms with Crippen molar-refractivity contribution in [3.05, 3.63) is 64.2 Å². The van der Waals surface area contributed by atoms with E-state index in [1.807, 2.05) is 6.92 Å². The Morgan fingerprint density at radius 1 is 1.10 bits per heavy atom. The maximum absolute atomic E-state index is 13.0. The van der Waals surface area contributed by atoms with Gasteiger partial charge in [0, 0.05) is 12.1 Å². The zero-order valence-electron chi connectivity index (χ0n) is 17.6. The van der Waals surface area contributed by atoms with E-state index >= 15 is 0 Å². The molecule has 1 aliphatic heterocycles. The average Bonchev–Trinajstić information content (AvgIpc) is 3.00. The summed E-state index contributed by atoms with van der Waals surface area (Å²) in [5.41, 5.74) is 0.981. The highest BCUT2D eigenvalue weighted by molar-refractivity contribution is 6.46. The third-order valence-corrected chi connectivity index (χ3v) is 5.57. The summed E-state index contributed by atoms with van der Waals surface area (Å²) in [7, 11) is 0. The van der Waals surface area contributed by atoms with Crippen molar-refractivity contribution in [2.24, 2.45) is 0 Å². The molecule has 3 rings (SSSR count). The van der Waals surface area contributed by atoms with E-state index in [0.29, 0.717) is 35.1 Å². The number of rotatable bonds is 8. The van der Waals surface area contributed by atoms with E-state index < -0.39 is 17.7 Å². The third-order valence-electron chi connectivity index (χ3n) is 5.26. The molecule has 0 aliphatic carbocycles. The number of likely N-dealkylation sites (tertiary alicyclic amines) is 1. The van der Waals surface area contributed by atoms with Crippen LogP contribution in [0.4, 0.5) is 0 Å². The molecular weight excluding hydrogens is 418 g/mol. The first-order valence-electron chi connectivity index (χ1n) is 10.4. The number of aliphatic hydroxyl groups is 1. The van der Waals surface area contributed by atoms with Gasteiger partial charge in [0.1, 0.15) is 17.3 Å². The number of ketones is 1. The molecule has 2 N–H and O–H groups in total. The molecule has 1 aliphatic rings. The van der Waals surface area contributed by atoms with Crippen LogP contribution >= 0.6 is 11.6 Å². The molecule has 1 atom stereocenters. The van der Waals surface area contributed by atoms with Crippen LogP contribution in [0, 0.1) is 0 Å². The van der Waals surface area contributed by atoms with Crippen molar-refractivity contribution in [1.82, 2.24) is 4.90 Å². The molecule has 31 heavy (non-hydrogen) atoms. The lowest BCUT2D eigenvalue weighted by atomic mass is 9.95. The number of Topliss-reactive ketones (excluding diaryl/α,β-unsaturated/α-hetero) is 1. The van der Waals surface area contributed by atoms with E-state index in [0.717, 1.165) is 19.3 Å². The van der Waals surface area contributed by atoms with Crippen molar-refractivity contribution in [2.75, 3.05) is 13.2 Å². The lowest BCUT2D eigenvalue weighted by Crippen LogP contribution is -2.30. The number of unbranched alkanes of at least 4 members (excludes halogenated alkanes) is 2. The van der Waals surface area contributed by atoms with Gasteiger partial charge in [-0.2, -0.15) is 0 Å². The number of phenols is 1. The molecule has 1 heterocycles. The summed E-state index contributed by atoms with van der Waals surface area (Å²) in [5, 5.41) is 21.2. The van der Waals surface area contributed by atoms with Crippen molar-refractivity contribution in [2.45, 2.75) is 39.2 Å². The number of carbonyl (C=O) groups is 2. The second kappa shape index (κ2) is 9.88. The second-order valence-corrected chi connectivity index (χ2v) is 7.78. The standard InChI is InChI=1S/C24H26ClNO5/c1-3-5-6-13-26-21(15-7-10-17(27)11-8-15)20(23(29)24(26)30)22(28)16-9-12-18(25)19(14-16)31-4-2/h7-12,14,21,27-28H,3-6,13H2,1-2H3/b22-20-. The van der Waals surface area contributed by atoms with Gasteiger partial charge in [-0.15, -0.1) is 0 Å². The quantitative estimate of drug-likeness (QED) is 0.258. The van der Waals surface area contributed by atoms with Gasteiger partial charge < -0.3 is 19.8 Å². The number of nitrogens with zero attached hydrogens (tertiary/aromatic N) is 1. The van der Waals surface area contributed by atoms with E-state index in [1.165, 1.54) is 17.0 Å². The summed E-state index contributed by atoms with van der Waals surface area (Å²) >= 11 is 6.15. The fourth-order valence-corrected chi connectivity index (χ4v) is 3.89. The molecule has 164 valence electrons. The highest BCUT2D eigenvalue weighted by Gasteiger charge is 2.45. The SMILES string of the molecule is CCCCCN1C(=O)C(=O)/C(=C(\O)c2ccc(Cl)c(OCC)c2)C1c1ccc(O)cc1. The van der Waals surface area contributed by atoms with Crippen LogP contribution in [0.15, 0.2) is 48.0 Å². The topological polar surface area (TPSA) is 87.1 Å². The predicted molar refractivity (Wildman–Crippen MR) is 119 cm³/mol. The number of carbonyl (C=O) groups excluding carboxylic acids is 2. The fraction of sp³-hybridized carbons (Fsp3) is 0.333.